The maximum absolute atomic E-state index is 11.0. The minimum atomic E-state index is 0.170. The van der Waals surface area contributed by atoms with Crippen LogP contribution in [-0.2, 0) is 16.5 Å². The molecule has 1 aromatic carbocycles. The number of halogens is 1. The Labute approximate surface area is 98.8 Å². The van der Waals surface area contributed by atoms with Crippen LogP contribution in [0.4, 0.5) is 0 Å². The third-order valence-electron chi connectivity index (χ3n) is 2.03. The molecule has 0 fully saturated rings. The second kappa shape index (κ2) is 5.91. The smallest absolute Gasteiger partial charge is 0.134 e. The SMILES string of the molecule is CCOc1cc(CC(C)=O)ccc1CBr. The molecule has 0 aromatic heterocycles. The summed E-state index contributed by atoms with van der Waals surface area (Å²) in [6.45, 7) is 4.19. The van der Waals surface area contributed by atoms with Crippen molar-refractivity contribution in [3.05, 3.63) is 29.3 Å². The van der Waals surface area contributed by atoms with Crippen molar-refractivity contribution in [2.45, 2.75) is 25.6 Å². The first-order valence-corrected chi connectivity index (χ1v) is 6.09. The Bertz CT molecular complexity index is 347. The minimum absolute atomic E-state index is 0.170. The predicted molar refractivity (Wildman–Crippen MR) is 64.6 cm³/mol. The lowest BCUT2D eigenvalue weighted by Crippen LogP contribution is -2.00. The van der Waals surface area contributed by atoms with Gasteiger partial charge in [0.15, 0.2) is 0 Å². The van der Waals surface area contributed by atoms with Gasteiger partial charge >= 0.3 is 0 Å². The number of alkyl halides is 1. The van der Waals surface area contributed by atoms with Crippen molar-refractivity contribution >= 4 is 21.7 Å². The van der Waals surface area contributed by atoms with Crippen molar-refractivity contribution < 1.29 is 9.53 Å². The van der Waals surface area contributed by atoms with Crippen molar-refractivity contribution in [2.75, 3.05) is 6.61 Å². The van der Waals surface area contributed by atoms with Gasteiger partial charge in [-0.25, -0.2) is 0 Å². The molecule has 1 rings (SSSR count). The van der Waals surface area contributed by atoms with Crippen LogP contribution >= 0.6 is 15.9 Å². The summed E-state index contributed by atoms with van der Waals surface area (Å²) < 4.78 is 5.51. The van der Waals surface area contributed by atoms with E-state index in [0.29, 0.717) is 13.0 Å². The largest absolute Gasteiger partial charge is 0.494 e. The van der Waals surface area contributed by atoms with E-state index >= 15 is 0 Å². The standard InChI is InChI=1S/C12H15BrO2/c1-3-15-12-7-10(6-9(2)14)4-5-11(12)8-13/h4-5,7H,3,6,8H2,1-2H3. The Morgan fingerprint density at radius 3 is 2.73 bits per heavy atom. The number of hydrogen-bond acceptors (Lipinski definition) is 2. The van der Waals surface area contributed by atoms with Crippen LogP contribution < -0.4 is 4.74 Å². The molecule has 0 spiro atoms. The summed E-state index contributed by atoms with van der Waals surface area (Å²) in [6, 6.07) is 5.92. The topological polar surface area (TPSA) is 26.3 Å². The van der Waals surface area contributed by atoms with Crippen LogP contribution in [0.5, 0.6) is 5.75 Å². The van der Waals surface area contributed by atoms with Gasteiger partial charge in [-0.2, -0.15) is 0 Å². The van der Waals surface area contributed by atoms with E-state index in [4.69, 9.17) is 4.74 Å². The molecule has 0 aliphatic rings. The predicted octanol–water partition coefficient (Wildman–Crippen LogP) is 3.11. The molecular weight excluding hydrogens is 256 g/mol. The number of carbonyl (C=O) groups excluding carboxylic acids is 1. The van der Waals surface area contributed by atoms with Crippen molar-refractivity contribution in [3.8, 4) is 5.75 Å². The number of Topliss-reactive ketones (excluding diaryl/α,β-unsaturated/α-hetero) is 1. The van der Waals surface area contributed by atoms with E-state index in [1.165, 1.54) is 0 Å². The van der Waals surface area contributed by atoms with Gasteiger partial charge in [-0.15, -0.1) is 0 Å². The highest BCUT2D eigenvalue weighted by atomic mass is 79.9. The Morgan fingerprint density at radius 1 is 1.47 bits per heavy atom. The Balaban J connectivity index is 2.93. The summed E-state index contributed by atoms with van der Waals surface area (Å²) in [7, 11) is 0. The van der Waals surface area contributed by atoms with Crippen LogP contribution in [0.3, 0.4) is 0 Å². The summed E-state index contributed by atoms with van der Waals surface area (Å²) >= 11 is 3.41. The zero-order chi connectivity index (χ0) is 11.3. The van der Waals surface area contributed by atoms with Gasteiger partial charge in [-0.3, -0.25) is 4.79 Å². The van der Waals surface area contributed by atoms with Gasteiger partial charge < -0.3 is 4.74 Å². The molecule has 0 atom stereocenters. The molecule has 0 aliphatic carbocycles. The van der Waals surface area contributed by atoms with Gasteiger partial charge in [0.25, 0.3) is 0 Å². The lowest BCUT2D eigenvalue weighted by molar-refractivity contribution is -0.116. The zero-order valence-corrected chi connectivity index (χ0v) is 10.6. The van der Waals surface area contributed by atoms with E-state index in [-0.39, 0.29) is 5.78 Å². The molecule has 0 heterocycles. The average Bonchev–Trinajstić information content (AvgIpc) is 2.18. The second-order valence-corrected chi connectivity index (χ2v) is 3.95. The van der Waals surface area contributed by atoms with Crippen molar-refractivity contribution in [3.63, 3.8) is 0 Å². The Hall–Kier alpha value is -0.830. The van der Waals surface area contributed by atoms with E-state index < -0.39 is 0 Å². The highest BCUT2D eigenvalue weighted by Crippen LogP contribution is 2.23. The molecule has 0 saturated carbocycles. The highest BCUT2D eigenvalue weighted by molar-refractivity contribution is 9.08. The van der Waals surface area contributed by atoms with Gasteiger partial charge in [-0.1, -0.05) is 28.1 Å². The maximum Gasteiger partial charge on any atom is 0.134 e. The Kier molecular flexibility index (Phi) is 4.82. The van der Waals surface area contributed by atoms with Crippen LogP contribution in [0.25, 0.3) is 0 Å². The number of hydrogen-bond donors (Lipinski definition) is 0. The number of ether oxygens (including phenoxy) is 1. The van der Waals surface area contributed by atoms with Crippen molar-refractivity contribution in [1.29, 1.82) is 0 Å². The fourth-order valence-electron chi connectivity index (χ4n) is 1.40. The van der Waals surface area contributed by atoms with E-state index in [2.05, 4.69) is 15.9 Å². The van der Waals surface area contributed by atoms with Crippen LogP contribution in [0, 0.1) is 0 Å². The molecule has 15 heavy (non-hydrogen) atoms. The van der Waals surface area contributed by atoms with E-state index in [1.54, 1.807) is 6.92 Å². The van der Waals surface area contributed by atoms with Gasteiger partial charge in [0.2, 0.25) is 0 Å². The van der Waals surface area contributed by atoms with Crippen molar-refractivity contribution in [1.82, 2.24) is 0 Å². The second-order valence-electron chi connectivity index (χ2n) is 3.39. The van der Waals surface area contributed by atoms with Gasteiger partial charge in [0, 0.05) is 17.3 Å². The molecule has 0 bridgehead atoms. The quantitative estimate of drug-likeness (QED) is 0.769. The summed E-state index contributed by atoms with van der Waals surface area (Å²) in [4.78, 5) is 11.0. The molecule has 0 amide bonds. The molecule has 0 saturated heterocycles. The first kappa shape index (κ1) is 12.2. The molecule has 0 aliphatic heterocycles. The number of ketones is 1. The van der Waals surface area contributed by atoms with Gasteiger partial charge in [0.1, 0.15) is 11.5 Å². The summed E-state index contributed by atoms with van der Waals surface area (Å²) in [5.41, 5.74) is 2.12. The zero-order valence-electron chi connectivity index (χ0n) is 9.05. The Morgan fingerprint density at radius 2 is 2.20 bits per heavy atom. The molecular formula is C12H15BrO2. The van der Waals surface area contributed by atoms with Crippen LogP contribution in [0.1, 0.15) is 25.0 Å². The number of benzene rings is 1. The average molecular weight is 271 g/mol. The fourth-order valence-corrected chi connectivity index (χ4v) is 1.86. The fraction of sp³-hybridized carbons (Fsp3) is 0.417. The van der Waals surface area contributed by atoms with E-state index in [1.807, 2.05) is 25.1 Å². The molecule has 0 N–H and O–H groups in total. The third kappa shape index (κ3) is 3.67. The van der Waals surface area contributed by atoms with E-state index in [0.717, 1.165) is 22.2 Å². The lowest BCUT2D eigenvalue weighted by atomic mass is 10.1. The molecule has 0 radical (unpaired) electrons. The maximum atomic E-state index is 11.0. The molecule has 1 aromatic rings. The number of carbonyl (C=O) groups is 1. The first-order chi connectivity index (χ1) is 7.17. The summed E-state index contributed by atoms with van der Waals surface area (Å²) in [5, 5.41) is 0.767. The molecule has 0 unspecified atom stereocenters. The number of rotatable bonds is 5. The van der Waals surface area contributed by atoms with Gasteiger partial charge in [0.05, 0.1) is 6.61 Å². The normalized spacial score (nSPS) is 10.1. The summed E-state index contributed by atoms with van der Waals surface area (Å²) in [6.07, 6.45) is 0.475. The molecule has 3 heteroatoms. The molecule has 2 nitrogen and oxygen atoms in total. The minimum Gasteiger partial charge on any atom is -0.494 e. The van der Waals surface area contributed by atoms with Crippen LogP contribution in [-0.4, -0.2) is 12.4 Å². The third-order valence-corrected chi connectivity index (χ3v) is 2.63. The molecule has 82 valence electrons. The lowest BCUT2D eigenvalue weighted by Gasteiger charge is -2.09. The van der Waals surface area contributed by atoms with E-state index in [9.17, 15) is 4.79 Å². The summed E-state index contributed by atoms with van der Waals surface area (Å²) in [5.74, 6) is 1.04. The highest BCUT2D eigenvalue weighted by Gasteiger charge is 2.05. The van der Waals surface area contributed by atoms with Gasteiger partial charge in [-0.05, 0) is 25.5 Å². The van der Waals surface area contributed by atoms with Crippen LogP contribution in [0.2, 0.25) is 0 Å². The monoisotopic (exact) mass is 270 g/mol. The van der Waals surface area contributed by atoms with Crippen molar-refractivity contribution in [2.24, 2.45) is 0 Å². The first-order valence-electron chi connectivity index (χ1n) is 4.97. The van der Waals surface area contributed by atoms with Crippen LogP contribution in [0.15, 0.2) is 18.2 Å².